The number of nitrogens with zero attached hydrogens (tertiary/aromatic N) is 2. The highest BCUT2D eigenvalue weighted by Gasteiger charge is 2.15. The maximum atomic E-state index is 12.8. The number of fused-ring (bicyclic) bond motifs is 3. The third kappa shape index (κ3) is 3.71. The van der Waals surface area contributed by atoms with Gasteiger partial charge in [-0.15, -0.1) is 0 Å². The number of nitrogens with one attached hydrogen (secondary N) is 1. The van der Waals surface area contributed by atoms with E-state index in [2.05, 4.69) is 10.3 Å². The van der Waals surface area contributed by atoms with Crippen molar-refractivity contribution in [1.29, 1.82) is 0 Å². The lowest BCUT2D eigenvalue weighted by Gasteiger charge is -2.12. The van der Waals surface area contributed by atoms with Gasteiger partial charge in [-0.05, 0) is 35.7 Å². The number of hydrogen-bond acceptors (Lipinski definition) is 4. The molecule has 1 amide bonds. The molecular formula is C25H19N3O3. The minimum absolute atomic E-state index is 0.154. The minimum atomic E-state index is -0.381. The molecule has 3 aromatic carbocycles. The van der Waals surface area contributed by atoms with Crippen molar-refractivity contribution < 1.29 is 9.21 Å². The Morgan fingerprint density at radius 3 is 2.55 bits per heavy atom. The molecule has 1 N–H and O–H groups in total. The Kier molecular flexibility index (Phi) is 4.80. The van der Waals surface area contributed by atoms with Crippen molar-refractivity contribution >= 4 is 33.7 Å². The second-order valence-electron chi connectivity index (χ2n) is 7.32. The fourth-order valence-corrected chi connectivity index (χ4v) is 3.68. The summed E-state index contributed by atoms with van der Waals surface area (Å²) in [4.78, 5) is 29.9. The number of anilines is 1. The highest BCUT2D eigenvalue weighted by molar-refractivity contribution is 6.01. The number of carbonyl (C=O) groups excluding carboxylic acids is 1. The molecule has 5 rings (SSSR count). The zero-order valence-corrected chi connectivity index (χ0v) is 16.6. The monoisotopic (exact) mass is 409 g/mol. The summed E-state index contributed by atoms with van der Waals surface area (Å²) in [6.07, 6.45) is 2.09. The van der Waals surface area contributed by atoms with E-state index in [9.17, 15) is 9.59 Å². The average molecular weight is 409 g/mol. The largest absolute Gasteiger partial charge is 0.448 e. The first-order chi connectivity index (χ1) is 15.2. The van der Waals surface area contributed by atoms with Gasteiger partial charge in [0.1, 0.15) is 17.6 Å². The minimum Gasteiger partial charge on any atom is -0.448 e. The topological polar surface area (TPSA) is 77.1 Å². The Balaban J connectivity index is 1.39. The Hall–Kier alpha value is -4.19. The second-order valence-corrected chi connectivity index (χ2v) is 7.32. The van der Waals surface area contributed by atoms with Crippen LogP contribution >= 0.6 is 0 Å². The van der Waals surface area contributed by atoms with E-state index in [1.807, 2.05) is 72.8 Å². The molecule has 5 aromatic rings. The summed E-state index contributed by atoms with van der Waals surface area (Å²) in [7, 11) is 0. The molecule has 0 aliphatic carbocycles. The van der Waals surface area contributed by atoms with Crippen LogP contribution < -0.4 is 10.9 Å². The summed E-state index contributed by atoms with van der Waals surface area (Å²) in [5.41, 5.74) is 3.75. The first-order valence-electron chi connectivity index (χ1n) is 9.97. The number of carbonyl (C=O) groups is 1. The molecule has 31 heavy (non-hydrogen) atoms. The van der Waals surface area contributed by atoms with Gasteiger partial charge in [0.25, 0.3) is 5.56 Å². The molecule has 2 aromatic heterocycles. The molecule has 0 saturated heterocycles. The highest BCUT2D eigenvalue weighted by atomic mass is 16.3. The van der Waals surface area contributed by atoms with Gasteiger partial charge in [0.2, 0.25) is 11.5 Å². The van der Waals surface area contributed by atoms with Gasteiger partial charge in [-0.3, -0.25) is 14.2 Å². The van der Waals surface area contributed by atoms with Crippen molar-refractivity contribution in [3.8, 4) is 0 Å². The van der Waals surface area contributed by atoms with Crippen LogP contribution in [0, 0.1) is 0 Å². The molecule has 0 saturated carbocycles. The summed E-state index contributed by atoms with van der Waals surface area (Å²) in [6, 6.07) is 25.1. The maximum absolute atomic E-state index is 12.8. The summed E-state index contributed by atoms with van der Waals surface area (Å²) >= 11 is 0. The van der Waals surface area contributed by atoms with Crippen molar-refractivity contribution in [3.05, 3.63) is 107 Å². The molecule has 152 valence electrons. The summed E-state index contributed by atoms with van der Waals surface area (Å²) < 4.78 is 6.95. The van der Waals surface area contributed by atoms with Crippen LogP contribution in [0.15, 0.2) is 94.4 Å². The van der Waals surface area contributed by atoms with Crippen molar-refractivity contribution in [2.75, 3.05) is 5.32 Å². The Labute approximate surface area is 177 Å². The standard InChI is InChI=1S/C25H19N3O3/c29-22(27-20-12-6-4-10-18(20)14-17-8-2-1-3-9-17)15-28-16-26-23-19-11-5-7-13-21(19)31-24(23)25(28)30/h1-13,16H,14-15H2,(H,27,29). The van der Waals surface area contributed by atoms with Crippen molar-refractivity contribution in [2.45, 2.75) is 13.0 Å². The lowest BCUT2D eigenvalue weighted by atomic mass is 10.0. The second kappa shape index (κ2) is 7.91. The number of para-hydroxylation sites is 2. The highest BCUT2D eigenvalue weighted by Crippen LogP contribution is 2.24. The van der Waals surface area contributed by atoms with E-state index in [-0.39, 0.29) is 23.6 Å². The van der Waals surface area contributed by atoms with Crippen LogP contribution in [0.25, 0.3) is 22.1 Å². The summed E-state index contributed by atoms with van der Waals surface area (Å²) in [5, 5.41) is 3.70. The van der Waals surface area contributed by atoms with Gasteiger partial charge >= 0.3 is 0 Å². The fraction of sp³-hybridized carbons (Fsp3) is 0.0800. The van der Waals surface area contributed by atoms with Crippen LogP contribution in [0.3, 0.4) is 0 Å². The molecule has 0 aliphatic heterocycles. The molecular weight excluding hydrogens is 390 g/mol. The van der Waals surface area contributed by atoms with E-state index in [1.165, 1.54) is 10.9 Å². The lowest BCUT2D eigenvalue weighted by molar-refractivity contribution is -0.116. The molecule has 0 atom stereocenters. The van der Waals surface area contributed by atoms with Crippen LogP contribution in [0.1, 0.15) is 11.1 Å². The number of benzene rings is 3. The van der Waals surface area contributed by atoms with E-state index >= 15 is 0 Å². The smallest absolute Gasteiger partial charge is 0.297 e. The molecule has 0 fully saturated rings. The van der Waals surface area contributed by atoms with E-state index in [0.717, 1.165) is 22.2 Å². The van der Waals surface area contributed by atoms with Crippen LogP contribution in [-0.2, 0) is 17.8 Å². The Morgan fingerprint density at radius 1 is 0.935 bits per heavy atom. The van der Waals surface area contributed by atoms with Crippen LogP contribution in [0.2, 0.25) is 0 Å². The maximum Gasteiger partial charge on any atom is 0.297 e. The van der Waals surface area contributed by atoms with Gasteiger partial charge in [-0.2, -0.15) is 0 Å². The number of rotatable bonds is 5. The molecule has 0 radical (unpaired) electrons. The quantitative estimate of drug-likeness (QED) is 0.468. The number of furan rings is 1. The molecule has 6 heteroatoms. The van der Waals surface area contributed by atoms with Crippen molar-refractivity contribution in [3.63, 3.8) is 0 Å². The zero-order chi connectivity index (χ0) is 21.2. The van der Waals surface area contributed by atoms with E-state index in [1.54, 1.807) is 6.07 Å². The van der Waals surface area contributed by atoms with Gasteiger partial charge in [0, 0.05) is 11.1 Å². The van der Waals surface area contributed by atoms with E-state index in [0.29, 0.717) is 17.5 Å². The van der Waals surface area contributed by atoms with Crippen LogP contribution in [0.4, 0.5) is 5.69 Å². The normalized spacial score (nSPS) is 11.1. The number of aromatic nitrogens is 2. The van der Waals surface area contributed by atoms with Crippen molar-refractivity contribution in [1.82, 2.24) is 9.55 Å². The number of hydrogen-bond donors (Lipinski definition) is 1. The van der Waals surface area contributed by atoms with Gasteiger partial charge < -0.3 is 9.73 Å². The SMILES string of the molecule is O=C(Cn1cnc2c(oc3ccccc32)c1=O)Nc1ccccc1Cc1ccccc1. The third-order valence-corrected chi connectivity index (χ3v) is 5.19. The predicted octanol–water partition coefficient (Wildman–Crippen LogP) is 4.37. The molecule has 0 aliphatic rings. The zero-order valence-electron chi connectivity index (χ0n) is 16.6. The Morgan fingerprint density at radius 2 is 1.68 bits per heavy atom. The average Bonchev–Trinajstić information content (AvgIpc) is 3.17. The summed E-state index contributed by atoms with van der Waals surface area (Å²) in [5.74, 6) is -0.306. The van der Waals surface area contributed by atoms with Gasteiger partial charge in [-0.25, -0.2) is 4.98 Å². The summed E-state index contributed by atoms with van der Waals surface area (Å²) in [6.45, 7) is -0.154. The fourth-order valence-electron chi connectivity index (χ4n) is 3.68. The predicted molar refractivity (Wildman–Crippen MR) is 120 cm³/mol. The first kappa shape index (κ1) is 18.8. The first-order valence-corrected chi connectivity index (χ1v) is 9.97. The molecule has 0 unspecified atom stereocenters. The molecule has 0 spiro atoms. The number of amides is 1. The lowest BCUT2D eigenvalue weighted by Crippen LogP contribution is -2.27. The van der Waals surface area contributed by atoms with E-state index in [4.69, 9.17) is 4.42 Å². The van der Waals surface area contributed by atoms with Gasteiger partial charge in [0.15, 0.2) is 0 Å². The van der Waals surface area contributed by atoms with Crippen LogP contribution in [0.5, 0.6) is 0 Å². The van der Waals surface area contributed by atoms with Gasteiger partial charge in [0.05, 0.1) is 6.33 Å². The van der Waals surface area contributed by atoms with Crippen molar-refractivity contribution in [2.24, 2.45) is 0 Å². The van der Waals surface area contributed by atoms with Crippen LogP contribution in [-0.4, -0.2) is 15.5 Å². The molecule has 2 heterocycles. The molecule has 6 nitrogen and oxygen atoms in total. The van der Waals surface area contributed by atoms with E-state index < -0.39 is 0 Å². The Bertz CT molecular complexity index is 1450. The van der Waals surface area contributed by atoms with Gasteiger partial charge in [-0.1, -0.05) is 60.7 Å². The molecule has 0 bridgehead atoms. The third-order valence-electron chi connectivity index (χ3n) is 5.19.